The summed E-state index contributed by atoms with van der Waals surface area (Å²) in [6.07, 6.45) is 1.10. The molecule has 26 heavy (non-hydrogen) atoms. The molecule has 1 unspecified atom stereocenters. The van der Waals surface area contributed by atoms with Gasteiger partial charge in [-0.25, -0.2) is 0 Å². The van der Waals surface area contributed by atoms with E-state index < -0.39 is 11.4 Å². The van der Waals surface area contributed by atoms with E-state index in [0.717, 1.165) is 5.56 Å². The van der Waals surface area contributed by atoms with E-state index in [1.807, 2.05) is 30.3 Å². The van der Waals surface area contributed by atoms with Gasteiger partial charge in [0.2, 0.25) is 11.7 Å². The Morgan fingerprint density at radius 1 is 1.31 bits per heavy atom. The summed E-state index contributed by atoms with van der Waals surface area (Å²) in [4.78, 5) is 27.1. The molecule has 9 heteroatoms. The van der Waals surface area contributed by atoms with Gasteiger partial charge in [-0.2, -0.15) is 4.80 Å². The maximum absolute atomic E-state index is 12.6. The van der Waals surface area contributed by atoms with Crippen LogP contribution < -0.4 is 0 Å². The third-order valence-electron chi connectivity index (χ3n) is 4.57. The fourth-order valence-corrected chi connectivity index (χ4v) is 3.21. The van der Waals surface area contributed by atoms with Gasteiger partial charge >= 0.3 is 5.97 Å². The number of benzene rings is 1. The first kappa shape index (κ1) is 18.0. The topological polar surface area (TPSA) is 110 Å². The Kier molecular flexibility index (Phi) is 5.27. The minimum Gasteiger partial charge on any atom is -0.481 e. The van der Waals surface area contributed by atoms with Gasteiger partial charge in [-0.05, 0) is 18.1 Å². The standard InChI is InChI=1S/C17H21N5O4/c1-26-12-17(16(24)25)8-5-9-21(11-17)14(23)10-22-19-15(18-20-22)13-6-3-2-4-7-13/h2-4,6-7H,5,8-12H2,1H3,(H,24,25). The molecule has 1 aliphatic rings. The van der Waals surface area contributed by atoms with Crippen LogP contribution in [0.2, 0.25) is 0 Å². The van der Waals surface area contributed by atoms with Crippen LogP contribution in [-0.2, 0) is 20.9 Å². The molecule has 1 aromatic carbocycles. The van der Waals surface area contributed by atoms with Crippen LogP contribution in [0.15, 0.2) is 30.3 Å². The van der Waals surface area contributed by atoms with Crippen molar-refractivity contribution in [2.45, 2.75) is 19.4 Å². The van der Waals surface area contributed by atoms with Crippen LogP contribution in [0.5, 0.6) is 0 Å². The third kappa shape index (κ3) is 3.72. The molecule has 0 aliphatic carbocycles. The van der Waals surface area contributed by atoms with Gasteiger partial charge in [0.1, 0.15) is 12.0 Å². The smallest absolute Gasteiger partial charge is 0.313 e. The van der Waals surface area contributed by atoms with Crippen LogP contribution in [0.4, 0.5) is 0 Å². The largest absolute Gasteiger partial charge is 0.481 e. The van der Waals surface area contributed by atoms with Crippen molar-refractivity contribution in [2.24, 2.45) is 5.41 Å². The molecule has 0 saturated carbocycles. The van der Waals surface area contributed by atoms with E-state index in [1.165, 1.54) is 11.9 Å². The molecule has 1 saturated heterocycles. The van der Waals surface area contributed by atoms with Crippen molar-refractivity contribution in [1.29, 1.82) is 0 Å². The van der Waals surface area contributed by atoms with E-state index in [9.17, 15) is 14.7 Å². The number of hydrogen-bond acceptors (Lipinski definition) is 6. The number of tetrazole rings is 1. The van der Waals surface area contributed by atoms with Gasteiger partial charge in [-0.3, -0.25) is 9.59 Å². The number of nitrogens with zero attached hydrogens (tertiary/aromatic N) is 5. The first-order valence-corrected chi connectivity index (χ1v) is 8.37. The normalized spacial score (nSPS) is 20.1. The zero-order chi connectivity index (χ0) is 18.6. The number of hydrogen-bond donors (Lipinski definition) is 1. The van der Waals surface area contributed by atoms with Crippen LogP contribution in [0.1, 0.15) is 12.8 Å². The van der Waals surface area contributed by atoms with Crippen LogP contribution in [0.25, 0.3) is 11.4 Å². The number of rotatable bonds is 6. The highest BCUT2D eigenvalue weighted by atomic mass is 16.5. The summed E-state index contributed by atoms with van der Waals surface area (Å²) < 4.78 is 5.09. The average Bonchev–Trinajstić information content (AvgIpc) is 3.11. The number of piperidine rings is 1. The molecule has 0 spiro atoms. The fourth-order valence-electron chi connectivity index (χ4n) is 3.21. The summed E-state index contributed by atoms with van der Waals surface area (Å²) in [5, 5.41) is 21.7. The second kappa shape index (κ2) is 7.61. The van der Waals surface area contributed by atoms with E-state index in [1.54, 1.807) is 4.90 Å². The van der Waals surface area contributed by atoms with E-state index in [4.69, 9.17) is 4.74 Å². The Hall–Kier alpha value is -2.81. The number of carboxylic acid groups (broad SMARTS) is 1. The maximum atomic E-state index is 12.6. The highest BCUT2D eigenvalue weighted by molar-refractivity contribution is 5.79. The minimum absolute atomic E-state index is 0.0752. The number of ether oxygens (including phenoxy) is 1. The summed E-state index contributed by atoms with van der Waals surface area (Å²) >= 11 is 0. The average molecular weight is 359 g/mol. The van der Waals surface area contributed by atoms with Crippen molar-refractivity contribution in [3.63, 3.8) is 0 Å². The number of likely N-dealkylation sites (tertiary alicyclic amines) is 1. The molecule has 3 rings (SSSR count). The molecule has 0 radical (unpaired) electrons. The zero-order valence-electron chi connectivity index (χ0n) is 14.5. The van der Waals surface area contributed by atoms with Crippen molar-refractivity contribution < 1.29 is 19.4 Å². The highest BCUT2D eigenvalue weighted by Crippen LogP contribution is 2.31. The van der Waals surface area contributed by atoms with Gasteiger partial charge in [0, 0.05) is 25.8 Å². The first-order valence-electron chi connectivity index (χ1n) is 8.37. The monoisotopic (exact) mass is 359 g/mol. The van der Waals surface area contributed by atoms with Crippen molar-refractivity contribution in [3.8, 4) is 11.4 Å². The van der Waals surface area contributed by atoms with E-state index in [0.29, 0.717) is 25.2 Å². The maximum Gasteiger partial charge on any atom is 0.313 e. The quantitative estimate of drug-likeness (QED) is 0.807. The highest BCUT2D eigenvalue weighted by Gasteiger charge is 2.43. The molecule has 1 aliphatic heterocycles. The molecule has 1 amide bonds. The summed E-state index contributed by atoms with van der Waals surface area (Å²) in [5.41, 5.74) is -0.248. The number of carbonyl (C=O) groups is 2. The van der Waals surface area contributed by atoms with Crippen LogP contribution in [0.3, 0.4) is 0 Å². The van der Waals surface area contributed by atoms with E-state index in [2.05, 4.69) is 15.4 Å². The zero-order valence-corrected chi connectivity index (χ0v) is 14.5. The summed E-state index contributed by atoms with van der Waals surface area (Å²) in [6, 6.07) is 9.36. The van der Waals surface area contributed by atoms with Crippen LogP contribution in [0, 0.1) is 5.41 Å². The summed E-state index contributed by atoms with van der Waals surface area (Å²) in [6.45, 7) is 0.626. The van der Waals surface area contributed by atoms with Crippen molar-refractivity contribution in [2.75, 3.05) is 26.8 Å². The molecular formula is C17H21N5O4. The molecule has 138 valence electrons. The second-order valence-electron chi connectivity index (χ2n) is 6.45. The van der Waals surface area contributed by atoms with Gasteiger partial charge in [0.25, 0.3) is 0 Å². The third-order valence-corrected chi connectivity index (χ3v) is 4.57. The van der Waals surface area contributed by atoms with E-state index in [-0.39, 0.29) is 25.6 Å². The minimum atomic E-state index is -1.06. The lowest BCUT2D eigenvalue weighted by Gasteiger charge is -2.39. The fraction of sp³-hybridized carbons (Fsp3) is 0.471. The van der Waals surface area contributed by atoms with Gasteiger partial charge in [-0.15, -0.1) is 10.2 Å². The van der Waals surface area contributed by atoms with Crippen molar-refractivity contribution in [3.05, 3.63) is 30.3 Å². The summed E-state index contributed by atoms with van der Waals surface area (Å²) in [7, 11) is 1.47. The van der Waals surface area contributed by atoms with E-state index >= 15 is 0 Å². The Morgan fingerprint density at radius 2 is 2.08 bits per heavy atom. The number of amides is 1. The van der Waals surface area contributed by atoms with Crippen LogP contribution >= 0.6 is 0 Å². The molecule has 1 fully saturated rings. The Balaban J connectivity index is 1.68. The predicted molar refractivity (Wildman–Crippen MR) is 91.0 cm³/mol. The second-order valence-corrected chi connectivity index (χ2v) is 6.45. The SMILES string of the molecule is COCC1(C(=O)O)CCCN(C(=O)Cn2nnc(-c3ccccc3)n2)C1. The summed E-state index contributed by atoms with van der Waals surface area (Å²) in [5.74, 6) is -0.734. The van der Waals surface area contributed by atoms with Gasteiger partial charge in [0.05, 0.1) is 6.61 Å². The lowest BCUT2D eigenvalue weighted by Crippen LogP contribution is -2.52. The Bertz CT molecular complexity index is 774. The lowest BCUT2D eigenvalue weighted by atomic mass is 9.80. The van der Waals surface area contributed by atoms with Crippen molar-refractivity contribution in [1.82, 2.24) is 25.1 Å². The molecule has 2 heterocycles. The molecule has 9 nitrogen and oxygen atoms in total. The molecule has 1 atom stereocenters. The number of methoxy groups -OCH3 is 1. The number of carbonyl (C=O) groups excluding carboxylic acids is 1. The number of aliphatic carboxylic acids is 1. The van der Waals surface area contributed by atoms with Crippen LogP contribution in [-0.4, -0.2) is 68.9 Å². The van der Waals surface area contributed by atoms with Crippen molar-refractivity contribution >= 4 is 11.9 Å². The first-order chi connectivity index (χ1) is 12.5. The lowest BCUT2D eigenvalue weighted by molar-refractivity contribution is -0.159. The molecule has 2 aromatic rings. The van der Waals surface area contributed by atoms with Gasteiger partial charge < -0.3 is 14.7 Å². The van der Waals surface area contributed by atoms with Gasteiger partial charge in [-0.1, -0.05) is 30.3 Å². The molecule has 0 bridgehead atoms. The van der Waals surface area contributed by atoms with Gasteiger partial charge in [0.15, 0.2) is 0 Å². The predicted octanol–water partition coefficient (Wildman–Crippen LogP) is 0.680. The number of carboxylic acids is 1. The Labute approximate surface area is 150 Å². The number of aromatic nitrogens is 4. The Morgan fingerprint density at radius 3 is 2.77 bits per heavy atom. The molecule has 1 aromatic heterocycles. The molecular weight excluding hydrogens is 338 g/mol. The molecule has 1 N–H and O–H groups in total.